The van der Waals surface area contributed by atoms with Crippen molar-refractivity contribution in [2.75, 3.05) is 30.8 Å². The van der Waals surface area contributed by atoms with Gasteiger partial charge >= 0.3 is 6.18 Å². The average Bonchev–Trinajstić information content (AvgIpc) is 2.72. The number of anilines is 2. The zero-order chi connectivity index (χ0) is 14.9. The molecule has 0 aliphatic carbocycles. The van der Waals surface area contributed by atoms with Crippen molar-refractivity contribution in [1.29, 1.82) is 0 Å². The molecule has 0 fully saturated rings. The van der Waals surface area contributed by atoms with Crippen LogP contribution in [-0.2, 0) is 10.9 Å². The van der Waals surface area contributed by atoms with Gasteiger partial charge in [0.15, 0.2) is 0 Å². The van der Waals surface area contributed by atoms with Crippen molar-refractivity contribution in [2.45, 2.75) is 12.2 Å². The molecule has 1 aromatic rings. The minimum Gasteiger partial charge on any atom is -0.463 e. The van der Waals surface area contributed by atoms with Gasteiger partial charge in [-0.3, -0.25) is 0 Å². The lowest BCUT2D eigenvalue weighted by Crippen LogP contribution is -2.29. The largest absolute Gasteiger partial charge is 0.463 e. The maximum atomic E-state index is 12.7. The molecule has 110 valence electrons. The lowest BCUT2D eigenvalue weighted by Gasteiger charge is -2.22. The van der Waals surface area contributed by atoms with Crippen LogP contribution in [0, 0.1) is 0 Å². The van der Waals surface area contributed by atoms with Crippen LogP contribution in [0.1, 0.15) is 5.56 Å². The summed E-state index contributed by atoms with van der Waals surface area (Å²) >= 11 is 0. The molecule has 8 heteroatoms. The fourth-order valence-electron chi connectivity index (χ4n) is 1.97. The minimum absolute atomic E-state index is 0.0624. The van der Waals surface area contributed by atoms with Crippen molar-refractivity contribution in [3.05, 3.63) is 23.8 Å². The number of likely N-dealkylation sites (N-methyl/N-ethyl adjacent to an activating group) is 1. The summed E-state index contributed by atoms with van der Waals surface area (Å²) in [5.74, 6) is 0. The minimum atomic E-state index is -4.43. The maximum absolute atomic E-state index is 12.7. The van der Waals surface area contributed by atoms with Gasteiger partial charge in [-0.1, -0.05) is 0 Å². The topological polar surface area (TPSA) is 76.9 Å². The highest BCUT2D eigenvalue weighted by molar-refractivity contribution is 5.73. The Morgan fingerprint density at radius 1 is 1.35 bits per heavy atom. The summed E-state index contributed by atoms with van der Waals surface area (Å²) in [6, 6.07) is 3.35. The van der Waals surface area contributed by atoms with Gasteiger partial charge in [0, 0.05) is 25.0 Å². The van der Waals surface area contributed by atoms with Gasteiger partial charge < -0.3 is 21.1 Å². The highest BCUT2D eigenvalue weighted by Gasteiger charge is 2.31. The quantitative estimate of drug-likeness (QED) is 0.825. The second kappa shape index (κ2) is 5.10. The number of nitrogens with zero attached hydrogens (tertiary/aromatic N) is 2. The van der Waals surface area contributed by atoms with Crippen LogP contribution in [0.5, 0.6) is 0 Å². The molecule has 0 aromatic heterocycles. The fourth-order valence-corrected chi connectivity index (χ4v) is 1.97. The van der Waals surface area contributed by atoms with Crippen molar-refractivity contribution < 1.29 is 17.9 Å². The third-order valence-corrected chi connectivity index (χ3v) is 2.93. The predicted molar refractivity (Wildman–Crippen MR) is 70.5 cm³/mol. The van der Waals surface area contributed by atoms with Gasteiger partial charge in [0.2, 0.25) is 0 Å². The third-order valence-electron chi connectivity index (χ3n) is 2.93. The summed E-state index contributed by atoms with van der Waals surface area (Å²) in [6.07, 6.45) is -4.43. The standard InChI is InChI=1S/C12H15F3N4O/c1-19(5-9-6-20-11(17)18-9)10-3-7(12(13,14)15)2-8(16)4-10/h2-4,9H,5-6,16H2,1H3,(H2,17,18)/t9-/m0/s1. The predicted octanol–water partition coefficient (Wildman–Crippen LogP) is 1.44. The molecule has 5 nitrogen and oxygen atoms in total. The molecule has 4 N–H and O–H groups in total. The van der Waals surface area contributed by atoms with Gasteiger partial charge in [-0.15, -0.1) is 0 Å². The van der Waals surface area contributed by atoms with E-state index in [4.69, 9.17) is 16.2 Å². The van der Waals surface area contributed by atoms with Crippen LogP contribution in [0.15, 0.2) is 23.2 Å². The number of rotatable bonds is 3. The Morgan fingerprint density at radius 3 is 2.60 bits per heavy atom. The summed E-state index contributed by atoms with van der Waals surface area (Å²) in [7, 11) is 1.67. The Bertz CT molecular complexity index is 530. The van der Waals surface area contributed by atoms with E-state index < -0.39 is 11.7 Å². The molecular formula is C12H15F3N4O. The van der Waals surface area contributed by atoms with Crippen LogP contribution in [-0.4, -0.2) is 32.3 Å². The molecule has 0 saturated carbocycles. The smallest absolute Gasteiger partial charge is 0.416 e. The van der Waals surface area contributed by atoms with Gasteiger partial charge in [-0.2, -0.15) is 13.2 Å². The lowest BCUT2D eigenvalue weighted by atomic mass is 10.1. The zero-order valence-electron chi connectivity index (χ0n) is 10.8. The first-order valence-corrected chi connectivity index (χ1v) is 5.90. The molecule has 0 bridgehead atoms. The summed E-state index contributed by atoms with van der Waals surface area (Å²) in [5, 5.41) is 0. The number of nitrogen functional groups attached to an aromatic ring is 1. The molecule has 1 aliphatic rings. The molecule has 0 saturated heterocycles. The zero-order valence-corrected chi connectivity index (χ0v) is 10.8. The van der Waals surface area contributed by atoms with Crippen LogP contribution in [0.3, 0.4) is 0 Å². The average molecular weight is 288 g/mol. The van der Waals surface area contributed by atoms with E-state index in [9.17, 15) is 13.2 Å². The molecule has 0 radical (unpaired) electrons. The van der Waals surface area contributed by atoms with Crippen LogP contribution >= 0.6 is 0 Å². The number of benzene rings is 1. The molecule has 1 aromatic carbocycles. The first-order valence-electron chi connectivity index (χ1n) is 5.90. The van der Waals surface area contributed by atoms with E-state index in [1.807, 2.05) is 0 Å². The van der Waals surface area contributed by atoms with Gasteiger partial charge in [0.25, 0.3) is 6.02 Å². The molecule has 20 heavy (non-hydrogen) atoms. The van der Waals surface area contributed by atoms with E-state index in [1.54, 1.807) is 11.9 Å². The fraction of sp³-hybridized carbons (Fsp3) is 0.417. The van der Waals surface area contributed by atoms with Crippen molar-refractivity contribution in [3.63, 3.8) is 0 Å². The number of hydrogen-bond acceptors (Lipinski definition) is 5. The third kappa shape index (κ3) is 3.25. The van der Waals surface area contributed by atoms with E-state index in [2.05, 4.69) is 4.99 Å². The first-order chi connectivity index (χ1) is 9.25. The number of ether oxygens (including phenoxy) is 1. The van der Waals surface area contributed by atoms with E-state index in [0.717, 1.165) is 12.1 Å². The van der Waals surface area contributed by atoms with Crippen LogP contribution in [0.4, 0.5) is 24.5 Å². The Morgan fingerprint density at radius 2 is 2.05 bits per heavy atom. The number of nitrogens with two attached hydrogens (primary N) is 2. The Hall–Kier alpha value is -2.12. The molecule has 0 amide bonds. The summed E-state index contributed by atoms with van der Waals surface area (Å²) in [5.41, 5.74) is 10.6. The lowest BCUT2D eigenvalue weighted by molar-refractivity contribution is -0.137. The monoisotopic (exact) mass is 288 g/mol. The Balaban J connectivity index is 2.17. The highest BCUT2D eigenvalue weighted by Crippen LogP contribution is 2.33. The Kier molecular flexibility index (Phi) is 3.65. The van der Waals surface area contributed by atoms with E-state index >= 15 is 0 Å². The van der Waals surface area contributed by atoms with Gasteiger partial charge in [0.1, 0.15) is 12.6 Å². The summed E-state index contributed by atoms with van der Waals surface area (Å²) in [6.45, 7) is 0.714. The number of alkyl halides is 3. The van der Waals surface area contributed by atoms with Gasteiger partial charge in [-0.05, 0) is 18.2 Å². The number of hydrogen-bond donors (Lipinski definition) is 2. The van der Waals surface area contributed by atoms with Crippen molar-refractivity contribution in [1.82, 2.24) is 0 Å². The molecule has 2 rings (SSSR count). The van der Waals surface area contributed by atoms with E-state index in [-0.39, 0.29) is 17.8 Å². The molecule has 1 atom stereocenters. The maximum Gasteiger partial charge on any atom is 0.416 e. The number of halogens is 3. The molecule has 0 spiro atoms. The highest BCUT2D eigenvalue weighted by atomic mass is 19.4. The van der Waals surface area contributed by atoms with Crippen molar-refractivity contribution in [3.8, 4) is 0 Å². The Labute approximate surface area is 114 Å². The van der Waals surface area contributed by atoms with Crippen LogP contribution in [0.25, 0.3) is 0 Å². The van der Waals surface area contributed by atoms with E-state index in [1.165, 1.54) is 6.07 Å². The van der Waals surface area contributed by atoms with E-state index in [0.29, 0.717) is 18.8 Å². The van der Waals surface area contributed by atoms with Crippen molar-refractivity contribution >= 4 is 17.4 Å². The van der Waals surface area contributed by atoms with Gasteiger partial charge in [-0.25, -0.2) is 4.99 Å². The van der Waals surface area contributed by atoms with Crippen molar-refractivity contribution in [2.24, 2.45) is 10.7 Å². The SMILES string of the molecule is CN(C[C@H]1COC(N)=N1)c1cc(N)cc(C(F)(F)F)c1. The van der Waals surface area contributed by atoms with Crippen LogP contribution < -0.4 is 16.4 Å². The normalized spacial score (nSPS) is 18.6. The molecular weight excluding hydrogens is 273 g/mol. The van der Waals surface area contributed by atoms with Gasteiger partial charge in [0.05, 0.1) is 5.56 Å². The van der Waals surface area contributed by atoms with Crippen LogP contribution in [0.2, 0.25) is 0 Å². The first kappa shape index (κ1) is 14.3. The summed E-state index contributed by atoms with van der Waals surface area (Å²) in [4.78, 5) is 5.67. The summed E-state index contributed by atoms with van der Waals surface area (Å²) < 4.78 is 43.2. The second-order valence-corrected chi connectivity index (χ2v) is 4.62. The molecule has 0 unspecified atom stereocenters. The number of aliphatic imine (C=N–C) groups is 1. The molecule has 1 heterocycles. The molecule has 1 aliphatic heterocycles. The second-order valence-electron chi connectivity index (χ2n) is 4.62. The number of amidine groups is 1.